The molecule has 246 valence electrons. The van der Waals surface area contributed by atoms with Gasteiger partial charge in [0, 0.05) is 42.3 Å². The molecule has 2 fully saturated rings. The molecule has 45 heavy (non-hydrogen) atoms. The number of nitrogens with zero attached hydrogens (tertiary/aromatic N) is 3. The number of hydrogen-bond acceptors (Lipinski definition) is 8. The van der Waals surface area contributed by atoms with Crippen LogP contribution in [0.4, 0.5) is 13.2 Å². The maximum Gasteiger partial charge on any atom is 0.416 e. The van der Waals surface area contributed by atoms with Crippen molar-refractivity contribution in [1.29, 1.82) is 0 Å². The number of carboxylic acid groups (broad SMARTS) is 1. The minimum Gasteiger partial charge on any atom is -0.495 e. The Morgan fingerprint density at radius 3 is 2.29 bits per heavy atom. The molecule has 0 aliphatic carbocycles. The fraction of sp³-hybridized carbons (Fsp3) is 0.500. The second-order valence-corrected chi connectivity index (χ2v) is 13.5. The van der Waals surface area contributed by atoms with Crippen molar-refractivity contribution in [2.45, 2.75) is 62.7 Å². The highest BCUT2D eigenvalue weighted by atomic mass is 32.2. The number of carboxylic acids is 1. The number of benzene rings is 2. The number of fused-ring (bicyclic) bond motifs is 1. The zero-order valence-corrected chi connectivity index (χ0v) is 26.5. The second kappa shape index (κ2) is 14.4. The number of sulfone groups is 1. The quantitative estimate of drug-likeness (QED) is 0.326. The van der Waals surface area contributed by atoms with Crippen LogP contribution in [0, 0.1) is 0 Å². The summed E-state index contributed by atoms with van der Waals surface area (Å²) in [5.41, 5.74) is -0.446. The molecule has 3 heterocycles. The molecule has 0 amide bonds. The molecular weight excluding hydrogens is 611 g/mol. The van der Waals surface area contributed by atoms with E-state index < -0.39 is 27.5 Å². The highest BCUT2D eigenvalue weighted by Gasteiger charge is 2.33. The highest BCUT2D eigenvalue weighted by Crippen LogP contribution is 2.38. The SMILES string of the molecule is CCS(=O)(=O)c1cc2c(C(=O)O)c(CN3CCC(N4CCCCC4)CC3)c(-c3cccc(C(F)(F)F)c3)nc2cc1OC.CO. The number of likely N-dealkylation sites (tertiary alicyclic amines) is 2. The summed E-state index contributed by atoms with van der Waals surface area (Å²) in [5, 5.41) is 17.6. The maximum absolute atomic E-state index is 13.7. The third kappa shape index (κ3) is 7.59. The molecule has 9 nitrogen and oxygen atoms in total. The van der Waals surface area contributed by atoms with Gasteiger partial charge < -0.3 is 19.8 Å². The van der Waals surface area contributed by atoms with Gasteiger partial charge in [0.05, 0.1) is 35.2 Å². The Bertz CT molecular complexity index is 1620. The molecule has 0 saturated carbocycles. The molecule has 2 aliphatic rings. The van der Waals surface area contributed by atoms with Gasteiger partial charge in [-0.1, -0.05) is 25.5 Å². The summed E-state index contributed by atoms with van der Waals surface area (Å²) in [6.45, 7) is 5.16. The fourth-order valence-electron chi connectivity index (χ4n) is 6.30. The minimum atomic E-state index is -4.61. The summed E-state index contributed by atoms with van der Waals surface area (Å²) in [5.74, 6) is -1.56. The molecule has 2 N–H and O–H groups in total. The van der Waals surface area contributed by atoms with E-state index in [4.69, 9.17) is 9.84 Å². The molecule has 0 unspecified atom stereocenters. The van der Waals surface area contributed by atoms with Crippen LogP contribution in [0.5, 0.6) is 5.75 Å². The van der Waals surface area contributed by atoms with Crippen molar-refractivity contribution in [2.75, 3.05) is 46.2 Å². The number of alkyl halides is 3. The number of piperidine rings is 2. The van der Waals surface area contributed by atoms with Crippen LogP contribution in [0.3, 0.4) is 0 Å². The van der Waals surface area contributed by atoms with Gasteiger partial charge in [0.15, 0.2) is 9.84 Å². The largest absolute Gasteiger partial charge is 0.495 e. The minimum absolute atomic E-state index is 0.0132. The summed E-state index contributed by atoms with van der Waals surface area (Å²) < 4.78 is 72.3. The van der Waals surface area contributed by atoms with Gasteiger partial charge in [0.2, 0.25) is 0 Å². The molecule has 13 heteroatoms. The molecule has 0 spiro atoms. The number of pyridine rings is 1. The van der Waals surface area contributed by atoms with Crippen LogP contribution in [-0.2, 0) is 22.6 Å². The summed E-state index contributed by atoms with van der Waals surface area (Å²) in [4.78, 5) is 22.1. The standard InChI is InChI=1S/C31H36F3N3O5S.CH4O/c1-3-43(40,41)27-17-23-25(18-26(27)42-2)35-29(20-8-7-9-21(16-20)31(32,33)34)24(28(23)30(38)39)19-36-14-10-22(11-15-36)37-12-5-4-6-13-37;1-2/h7-9,16-18,22H,3-6,10-15,19H2,1-2H3,(H,38,39);2H,1H3. The fourth-order valence-corrected chi connectivity index (χ4v) is 7.36. The lowest BCUT2D eigenvalue weighted by Gasteiger charge is -2.40. The highest BCUT2D eigenvalue weighted by molar-refractivity contribution is 7.91. The first-order valence-electron chi connectivity index (χ1n) is 15.0. The van der Waals surface area contributed by atoms with E-state index >= 15 is 0 Å². The van der Waals surface area contributed by atoms with Crippen LogP contribution in [-0.4, -0.2) is 91.6 Å². The predicted octanol–water partition coefficient (Wildman–Crippen LogP) is 5.48. The molecule has 1 aromatic heterocycles. The van der Waals surface area contributed by atoms with Crippen LogP contribution in [0.1, 0.15) is 60.5 Å². The molecular formula is C32H40F3N3O6S. The van der Waals surface area contributed by atoms with Gasteiger partial charge in [-0.25, -0.2) is 18.2 Å². The average Bonchev–Trinajstić information content (AvgIpc) is 3.05. The number of aliphatic hydroxyl groups excluding tert-OH is 1. The van der Waals surface area contributed by atoms with Gasteiger partial charge in [-0.05, 0) is 70.1 Å². The lowest BCUT2D eigenvalue weighted by atomic mass is 9.94. The first-order valence-corrected chi connectivity index (χ1v) is 16.7. The van der Waals surface area contributed by atoms with Gasteiger partial charge >= 0.3 is 12.1 Å². The Morgan fingerprint density at radius 2 is 1.71 bits per heavy atom. The number of methoxy groups -OCH3 is 1. The lowest BCUT2D eigenvalue weighted by Crippen LogP contribution is -2.46. The number of rotatable bonds is 8. The van der Waals surface area contributed by atoms with Crippen molar-refractivity contribution in [3.8, 4) is 17.0 Å². The van der Waals surface area contributed by atoms with Crippen molar-refractivity contribution in [1.82, 2.24) is 14.8 Å². The summed E-state index contributed by atoms with van der Waals surface area (Å²) >= 11 is 0. The molecule has 3 aromatic rings. The van der Waals surface area contributed by atoms with Gasteiger partial charge in [0.1, 0.15) is 10.6 Å². The van der Waals surface area contributed by atoms with Crippen molar-refractivity contribution in [3.63, 3.8) is 0 Å². The summed E-state index contributed by atoms with van der Waals surface area (Å²) in [6.07, 6.45) is 0.813. The number of aromatic nitrogens is 1. The molecule has 0 bridgehead atoms. The maximum atomic E-state index is 13.7. The second-order valence-electron chi connectivity index (χ2n) is 11.2. The average molecular weight is 652 g/mol. The van der Waals surface area contributed by atoms with E-state index in [9.17, 15) is 31.5 Å². The van der Waals surface area contributed by atoms with Crippen LogP contribution < -0.4 is 4.74 Å². The zero-order valence-electron chi connectivity index (χ0n) is 25.7. The Morgan fingerprint density at radius 1 is 1.04 bits per heavy atom. The molecule has 5 rings (SSSR count). The van der Waals surface area contributed by atoms with Crippen molar-refractivity contribution in [2.24, 2.45) is 0 Å². The molecule has 0 atom stereocenters. The summed E-state index contributed by atoms with van der Waals surface area (Å²) in [6, 6.07) is 7.74. The van der Waals surface area contributed by atoms with E-state index in [1.54, 1.807) is 0 Å². The van der Waals surface area contributed by atoms with Crippen molar-refractivity contribution in [3.05, 3.63) is 53.1 Å². The number of hydrogen-bond donors (Lipinski definition) is 2. The van der Waals surface area contributed by atoms with E-state index in [1.807, 2.05) is 0 Å². The van der Waals surface area contributed by atoms with Gasteiger partial charge in [-0.3, -0.25) is 4.90 Å². The van der Waals surface area contributed by atoms with E-state index in [2.05, 4.69) is 14.8 Å². The van der Waals surface area contributed by atoms with Gasteiger partial charge in [0.25, 0.3) is 0 Å². The summed E-state index contributed by atoms with van der Waals surface area (Å²) in [7, 11) is -1.51. The monoisotopic (exact) mass is 651 g/mol. The Kier molecular flexibility index (Phi) is 11.1. The third-order valence-electron chi connectivity index (χ3n) is 8.61. The van der Waals surface area contributed by atoms with Crippen LogP contribution in [0.25, 0.3) is 22.2 Å². The van der Waals surface area contributed by atoms with Gasteiger partial charge in [-0.15, -0.1) is 0 Å². The van der Waals surface area contributed by atoms with Crippen molar-refractivity contribution >= 4 is 26.7 Å². The first-order chi connectivity index (χ1) is 21.4. The smallest absolute Gasteiger partial charge is 0.416 e. The molecule has 0 radical (unpaired) electrons. The topological polar surface area (TPSA) is 120 Å². The molecule has 2 aromatic carbocycles. The Hall–Kier alpha value is -3.26. The number of aliphatic hydroxyl groups is 1. The van der Waals surface area contributed by atoms with E-state index in [0.29, 0.717) is 19.1 Å². The number of halogens is 3. The first kappa shape index (κ1) is 34.6. The van der Waals surface area contributed by atoms with Crippen LogP contribution >= 0.6 is 0 Å². The molecule has 2 aliphatic heterocycles. The van der Waals surface area contributed by atoms with E-state index in [-0.39, 0.29) is 56.2 Å². The number of aromatic carboxylic acids is 1. The molecule has 2 saturated heterocycles. The van der Waals surface area contributed by atoms with E-state index in [0.717, 1.165) is 45.2 Å². The van der Waals surface area contributed by atoms with Crippen LogP contribution in [0.2, 0.25) is 0 Å². The predicted molar refractivity (Wildman–Crippen MR) is 165 cm³/mol. The van der Waals surface area contributed by atoms with Crippen LogP contribution in [0.15, 0.2) is 41.3 Å². The zero-order chi connectivity index (χ0) is 32.9. The Labute approximate surface area is 261 Å². The van der Waals surface area contributed by atoms with E-state index in [1.165, 1.54) is 57.6 Å². The number of carbonyl (C=O) groups is 1. The number of ether oxygens (including phenoxy) is 1. The van der Waals surface area contributed by atoms with Gasteiger partial charge in [-0.2, -0.15) is 13.2 Å². The third-order valence-corrected chi connectivity index (χ3v) is 10.4. The Balaban J connectivity index is 0.00000226. The van der Waals surface area contributed by atoms with Crippen molar-refractivity contribution < 1.29 is 41.3 Å². The lowest BCUT2D eigenvalue weighted by molar-refractivity contribution is -0.137. The normalized spacial score (nSPS) is 17.1.